The molecule has 38 heavy (non-hydrogen) atoms. The summed E-state index contributed by atoms with van der Waals surface area (Å²) in [4.78, 5) is 62.4. The second-order valence-corrected chi connectivity index (χ2v) is 10.7. The summed E-state index contributed by atoms with van der Waals surface area (Å²) in [7, 11) is -3.54. The Bertz CT molecular complexity index is 1260. The summed E-state index contributed by atoms with van der Waals surface area (Å²) in [6, 6.07) is 11.9. The van der Waals surface area contributed by atoms with Crippen LogP contribution in [-0.2, 0) is 35.6 Å². The van der Waals surface area contributed by atoms with Gasteiger partial charge in [-0.3, -0.25) is 19.2 Å². The van der Waals surface area contributed by atoms with E-state index in [2.05, 4.69) is 10.6 Å². The topological polar surface area (TPSA) is 167 Å². The number of carbonyl (C=O) groups is 5. The molecule has 0 saturated carbocycles. The molecule has 2 aromatic carbocycles. The smallest absolute Gasteiger partial charge is 0.305 e. The monoisotopic (exact) mass is 545 g/mol. The SMILES string of the molecule is CCC[C@H](NC(=O)c1ccccc1)C(=O)N(CC(=O)N[C@H](C=O)CC(=O)O)Cc1cccc(S(C)(=O)=O)c1. The molecule has 0 aliphatic rings. The molecule has 0 spiro atoms. The van der Waals surface area contributed by atoms with Crippen LogP contribution >= 0.6 is 0 Å². The highest BCUT2D eigenvalue weighted by Crippen LogP contribution is 2.15. The summed E-state index contributed by atoms with van der Waals surface area (Å²) >= 11 is 0. The molecule has 0 fully saturated rings. The normalized spacial score (nSPS) is 12.6. The van der Waals surface area contributed by atoms with E-state index in [-0.39, 0.29) is 24.1 Å². The highest BCUT2D eigenvalue weighted by atomic mass is 32.2. The van der Waals surface area contributed by atoms with Gasteiger partial charge in [-0.05, 0) is 36.2 Å². The van der Waals surface area contributed by atoms with E-state index in [9.17, 15) is 32.4 Å². The summed E-state index contributed by atoms with van der Waals surface area (Å²) in [6.07, 6.45) is 1.48. The minimum absolute atomic E-state index is 0.0248. The summed E-state index contributed by atoms with van der Waals surface area (Å²) in [5, 5.41) is 13.9. The fourth-order valence-corrected chi connectivity index (χ4v) is 4.34. The van der Waals surface area contributed by atoms with Gasteiger partial charge in [-0.15, -0.1) is 0 Å². The van der Waals surface area contributed by atoms with Crippen molar-refractivity contribution in [2.45, 2.75) is 49.7 Å². The highest BCUT2D eigenvalue weighted by Gasteiger charge is 2.28. The standard InChI is InChI=1S/C26H31N3O8S/c1-3-8-22(28-25(34)19-10-5-4-6-11-19)26(35)29(16-23(31)27-20(17-30)14-24(32)33)15-18-9-7-12-21(13-18)38(2,36)37/h4-7,9-13,17,20,22H,3,8,14-16H2,1-2H3,(H,27,31)(H,28,34)(H,32,33)/t20-,22-/m0/s1. The number of benzene rings is 2. The van der Waals surface area contributed by atoms with Gasteiger partial charge in [-0.1, -0.05) is 43.7 Å². The summed E-state index contributed by atoms with van der Waals surface area (Å²) in [5.74, 6) is -3.17. The molecule has 11 nitrogen and oxygen atoms in total. The second kappa shape index (κ2) is 14.0. The largest absolute Gasteiger partial charge is 0.481 e. The number of carbonyl (C=O) groups excluding carboxylic acids is 4. The predicted molar refractivity (Wildman–Crippen MR) is 138 cm³/mol. The molecule has 0 heterocycles. The third-order valence-electron chi connectivity index (χ3n) is 5.47. The van der Waals surface area contributed by atoms with Gasteiger partial charge in [0.1, 0.15) is 12.3 Å². The van der Waals surface area contributed by atoms with Crippen LogP contribution in [0.2, 0.25) is 0 Å². The van der Waals surface area contributed by atoms with Crippen molar-refractivity contribution in [1.29, 1.82) is 0 Å². The van der Waals surface area contributed by atoms with Crippen molar-refractivity contribution >= 4 is 39.8 Å². The van der Waals surface area contributed by atoms with Crippen LogP contribution < -0.4 is 10.6 Å². The van der Waals surface area contributed by atoms with Crippen molar-refractivity contribution in [3.05, 3.63) is 65.7 Å². The Morgan fingerprint density at radius 2 is 1.71 bits per heavy atom. The Morgan fingerprint density at radius 3 is 2.29 bits per heavy atom. The van der Waals surface area contributed by atoms with Gasteiger partial charge in [0.05, 0.1) is 23.9 Å². The van der Waals surface area contributed by atoms with Gasteiger partial charge >= 0.3 is 5.97 Å². The molecule has 3 N–H and O–H groups in total. The number of carboxylic acid groups (broad SMARTS) is 1. The molecule has 0 radical (unpaired) electrons. The van der Waals surface area contributed by atoms with Crippen molar-refractivity contribution in [3.63, 3.8) is 0 Å². The van der Waals surface area contributed by atoms with Crippen LogP contribution in [0, 0.1) is 0 Å². The van der Waals surface area contributed by atoms with Gasteiger partial charge in [-0.2, -0.15) is 0 Å². The summed E-state index contributed by atoms with van der Waals surface area (Å²) < 4.78 is 24.0. The number of aldehydes is 1. The molecule has 0 aromatic heterocycles. The Balaban J connectivity index is 2.34. The van der Waals surface area contributed by atoms with Gasteiger partial charge in [0.15, 0.2) is 9.84 Å². The van der Waals surface area contributed by atoms with Crippen LogP contribution in [0.25, 0.3) is 0 Å². The number of amides is 3. The van der Waals surface area contributed by atoms with Crippen LogP contribution in [-0.4, -0.2) is 73.3 Å². The van der Waals surface area contributed by atoms with Gasteiger partial charge in [0.2, 0.25) is 11.8 Å². The third-order valence-corrected chi connectivity index (χ3v) is 6.58. The van der Waals surface area contributed by atoms with Gasteiger partial charge < -0.3 is 25.4 Å². The lowest BCUT2D eigenvalue weighted by atomic mass is 10.1. The zero-order chi connectivity index (χ0) is 28.3. The molecule has 0 bridgehead atoms. The van der Waals surface area contributed by atoms with Crippen LogP contribution in [0.15, 0.2) is 59.5 Å². The van der Waals surface area contributed by atoms with E-state index in [1.165, 1.54) is 18.2 Å². The molecule has 0 saturated heterocycles. The first-order valence-electron chi connectivity index (χ1n) is 11.8. The van der Waals surface area contributed by atoms with Gasteiger partial charge in [-0.25, -0.2) is 8.42 Å². The van der Waals surface area contributed by atoms with E-state index in [0.717, 1.165) is 11.2 Å². The minimum atomic E-state index is -3.54. The number of nitrogens with zero attached hydrogens (tertiary/aromatic N) is 1. The Labute approximate surface area is 221 Å². The molecule has 2 aromatic rings. The number of hydrogen-bond acceptors (Lipinski definition) is 7. The van der Waals surface area contributed by atoms with E-state index in [4.69, 9.17) is 5.11 Å². The molecule has 0 unspecified atom stereocenters. The number of rotatable bonds is 14. The lowest BCUT2D eigenvalue weighted by molar-refractivity contribution is -0.140. The average molecular weight is 546 g/mol. The Hall–Kier alpha value is -4.06. The quantitative estimate of drug-likeness (QED) is 0.298. The molecule has 3 amide bonds. The molecule has 0 aliphatic heterocycles. The zero-order valence-corrected chi connectivity index (χ0v) is 21.9. The van der Waals surface area contributed by atoms with E-state index < -0.39 is 58.6 Å². The number of nitrogens with one attached hydrogen (secondary N) is 2. The molecular formula is C26H31N3O8S. The molecule has 2 rings (SSSR count). The average Bonchev–Trinajstić information content (AvgIpc) is 2.87. The van der Waals surface area contributed by atoms with E-state index in [1.807, 2.05) is 6.92 Å². The zero-order valence-electron chi connectivity index (χ0n) is 21.1. The van der Waals surface area contributed by atoms with Crippen LogP contribution in [0.4, 0.5) is 0 Å². The van der Waals surface area contributed by atoms with E-state index >= 15 is 0 Å². The van der Waals surface area contributed by atoms with Crippen molar-refractivity contribution in [2.24, 2.45) is 0 Å². The fraction of sp³-hybridized carbons (Fsp3) is 0.346. The Morgan fingerprint density at radius 1 is 1.03 bits per heavy atom. The maximum atomic E-state index is 13.6. The summed E-state index contributed by atoms with van der Waals surface area (Å²) in [5.41, 5.74) is 0.755. The number of hydrogen-bond donors (Lipinski definition) is 3. The number of sulfone groups is 1. The maximum Gasteiger partial charge on any atom is 0.305 e. The fourth-order valence-electron chi connectivity index (χ4n) is 3.65. The van der Waals surface area contributed by atoms with Crippen molar-refractivity contribution in [2.75, 3.05) is 12.8 Å². The van der Waals surface area contributed by atoms with Crippen molar-refractivity contribution in [3.8, 4) is 0 Å². The first-order chi connectivity index (χ1) is 17.9. The highest BCUT2D eigenvalue weighted by molar-refractivity contribution is 7.90. The number of aliphatic carboxylic acids is 1. The van der Waals surface area contributed by atoms with Gasteiger partial charge in [0, 0.05) is 18.4 Å². The molecule has 204 valence electrons. The lowest BCUT2D eigenvalue weighted by Crippen LogP contribution is -2.51. The van der Waals surface area contributed by atoms with E-state index in [1.54, 1.807) is 36.4 Å². The second-order valence-electron chi connectivity index (χ2n) is 8.70. The predicted octanol–water partition coefficient (Wildman–Crippen LogP) is 1.18. The van der Waals surface area contributed by atoms with Crippen LogP contribution in [0.5, 0.6) is 0 Å². The Kier molecular flexibility index (Phi) is 11.1. The lowest BCUT2D eigenvalue weighted by Gasteiger charge is -2.28. The van der Waals surface area contributed by atoms with Crippen molar-refractivity contribution < 1.29 is 37.5 Å². The molecule has 0 aliphatic carbocycles. The molecule has 12 heteroatoms. The number of carboxylic acids is 1. The molecule has 2 atom stereocenters. The molecular weight excluding hydrogens is 514 g/mol. The minimum Gasteiger partial charge on any atom is -0.481 e. The first-order valence-corrected chi connectivity index (χ1v) is 13.7. The first kappa shape index (κ1) is 30.2. The van der Waals surface area contributed by atoms with Gasteiger partial charge in [0.25, 0.3) is 5.91 Å². The van der Waals surface area contributed by atoms with E-state index in [0.29, 0.717) is 17.5 Å². The summed E-state index contributed by atoms with van der Waals surface area (Å²) in [6.45, 7) is 1.08. The van der Waals surface area contributed by atoms with Crippen LogP contribution in [0.3, 0.4) is 0 Å². The van der Waals surface area contributed by atoms with Crippen LogP contribution in [0.1, 0.15) is 42.1 Å². The van der Waals surface area contributed by atoms with Crippen molar-refractivity contribution in [1.82, 2.24) is 15.5 Å². The third kappa shape index (κ3) is 9.43. The maximum absolute atomic E-state index is 13.6.